The van der Waals surface area contributed by atoms with Crippen molar-refractivity contribution in [2.75, 3.05) is 17.2 Å². The van der Waals surface area contributed by atoms with Gasteiger partial charge in [-0.2, -0.15) is 0 Å². The molecule has 0 aliphatic heterocycles. The molecule has 0 aliphatic carbocycles. The molecular weight excluding hydrogens is 288 g/mol. The van der Waals surface area contributed by atoms with Crippen molar-refractivity contribution in [1.82, 2.24) is 10.2 Å². The molecule has 1 heterocycles. The summed E-state index contributed by atoms with van der Waals surface area (Å²) in [5.74, 6) is 1.37. The highest BCUT2D eigenvalue weighted by atomic mass is 35.5. The van der Waals surface area contributed by atoms with Crippen molar-refractivity contribution in [1.29, 1.82) is 0 Å². The highest BCUT2D eigenvalue weighted by molar-refractivity contribution is 6.30. The minimum Gasteiger partial charge on any atom is -0.368 e. The summed E-state index contributed by atoms with van der Waals surface area (Å²) < 4.78 is 0. The summed E-state index contributed by atoms with van der Waals surface area (Å²) in [6.45, 7) is 5.05. The molecule has 1 aromatic heterocycles. The molecule has 21 heavy (non-hydrogen) atoms. The maximum atomic E-state index is 12.0. The van der Waals surface area contributed by atoms with E-state index in [9.17, 15) is 4.79 Å². The average Bonchev–Trinajstić information content (AvgIpc) is 2.47. The molecule has 0 saturated carbocycles. The van der Waals surface area contributed by atoms with Crippen LogP contribution in [-0.4, -0.2) is 22.6 Å². The Morgan fingerprint density at radius 1 is 1.10 bits per heavy atom. The second kappa shape index (κ2) is 7.04. The van der Waals surface area contributed by atoms with Gasteiger partial charge in [0.1, 0.15) is 5.82 Å². The third-order valence-electron chi connectivity index (χ3n) is 2.70. The van der Waals surface area contributed by atoms with E-state index in [0.29, 0.717) is 28.1 Å². The lowest BCUT2D eigenvalue weighted by molar-refractivity contribution is 0.102. The number of hydrogen-bond acceptors (Lipinski definition) is 4. The molecule has 2 N–H and O–H groups in total. The lowest BCUT2D eigenvalue weighted by Gasteiger charge is -2.08. The van der Waals surface area contributed by atoms with Crippen molar-refractivity contribution < 1.29 is 4.79 Å². The smallest absolute Gasteiger partial charge is 0.256 e. The molecule has 5 nitrogen and oxygen atoms in total. The summed E-state index contributed by atoms with van der Waals surface area (Å²) in [6.07, 6.45) is 0. The van der Waals surface area contributed by atoms with E-state index in [4.69, 9.17) is 11.6 Å². The first kappa shape index (κ1) is 15.3. The van der Waals surface area contributed by atoms with Gasteiger partial charge in [0.25, 0.3) is 5.91 Å². The number of nitrogens with zero attached hydrogens (tertiary/aromatic N) is 2. The second-order valence-corrected chi connectivity index (χ2v) is 5.48. The van der Waals surface area contributed by atoms with Crippen molar-refractivity contribution in [3.8, 4) is 0 Å². The van der Waals surface area contributed by atoms with Crippen molar-refractivity contribution in [2.24, 2.45) is 5.92 Å². The first-order valence-corrected chi connectivity index (χ1v) is 7.07. The molecule has 0 unspecified atom stereocenters. The maximum absolute atomic E-state index is 12.0. The lowest BCUT2D eigenvalue weighted by Crippen LogP contribution is -2.14. The molecule has 0 aliphatic rings. The molecule has 6 heteroatoms. The minimum absolute atomic E-state index is 0.246. The summed E-state index contributed by atoms with van der Waals surface area (Å²) in [5, 5.41) is 14.4. The SMILES string of the molecule is CC(C)CNc1ccc(NC(=O)c2ccc(Cl)cc2)nn1. The number of hydrogen-bond donors (Lipinski definition) is 2. The summed E-state index contributed by atoms with van der Waals surface area (Å²) in [4.78, 5) is 12.0. The Morgan fingerprint density at radius 2 is 1.71 bits per heavy atom. The number of benzene rings is 1. The van der Waals surface area contributed by atoms with E-state index in [2.05, 4.69) is 34.7 Å². The van der Waals surface area contributed by atoms with E-state index >= 15 is 0 Å². The molecule has 1 aromatic carbocycles. The number of rotatable bonds is 5. The quantitative estimate of drug-likeness (QED) is 0.888. The molecule has 0 radical (unpaired) electrons. The van der Waals surface area contributed by atoms with Crippen LogP contribution in [0.15, 0.2) is 36.4 Å². The van der Waals surface area contributed by atoms with Crippen LogP contribution in [0.4, 0.5) is 11.6 Å². The standard InChI is InChI=1S/C15H17ClN4O/c1-10(2)9-17-13-7-8-14(20-19-13)18-15(21)11-3-5-12(16)6-4-11/h3-8,10H,9H2,1-2H3,(H,17,19)(H,18,20,21). The number of carbonyl (C=O) groups is 1. The van der Waals surface area contributed by atoms with E-state index in [1.165, 1.54) is 0 Å². The predicted octanol–water partition coefficient (Wildman–Crippen LogP) is 3.45. The van der Waals surface area contributed by atoms with Crippen LogP contribution < -0.4 is 10.6 Å². The maximum Gasteiger partial charge on any atom is 0.256 e. The number of nitrogens with one attached hydrogen (secondary N) is 2. The van der Waals surface area contributed by atoms with Crippen LogP contribution in [-0.2, 0) is 0 Å². The Hall–Kier alpha value is -2.14. The third-order valence-corrected chi connectivity index (χ3v) is 2.96. The van der Waals surface area contributed by atoms with Gasteiger partial charge >= 0.3 is 0 Å². The molecule has 0 fully saturated rings. The van der Waals surface area contributed by atoms with E-state index in [-0.39, 0.29) is 5.91 Å². The molecule has 2 rings (SSSR count). The van der Waals surface area contributed by atoms with Gasteiger partial charge < -0.3 is 10.6 Å². The Balaban J connectivity index is 1.96. The lowest BCUT2D eigenvalue weighted by atomic mass is 10.2. The van der Waals surface area contributed by atoms with Crippen molar-refractivity contribution in [3.63, 3.8) is 0 Å². The van der Waals surface area contributed by atoms with Crippen LogP contribution in [0, 0.1) is 5.92 Å². The zero-order valence-electron chi connectivity index (χ0n) is 11.9. The fourth-order valence-corrected chi connectivity index (χ4v) is 1.72. The molecule has 110 valence electrons. The largest absolute Gasteiger partial charge is 0.368 e. The van der Waals surface area contributed by atoms with Crippen molar-refractivity contribution in [2.45, 2.75) is 13.8 Å². The Morgan fingerprint density at radius 3 is 2.29 bits per heavy atom. The van der Waals surface area contributed by atoms with Gasteiger partial charge in [0.15, 0.2) is 5.82 Å². The average molecular weight is 305 g/mol. The summed E-state index contributed by atoms with van der Waals surface area (Å²) in [6, 6.07) is 10.1. The summed E-state index contributed by atoms with van der Waals surface area (Å²) >= 11 is 5.78. The van der Waals surface area contributed by atoms with Crippen LogP contribution in [0.3, 0.4) is 0 Å². The molecule has 0 atom stereocenters. The number of aromatic nitrogens is 2. The van der Waals surface area contributed by atoms with E-state index in [0.717, 1.165) is 6.54 Å². The van der Waals surface area contributed by atoms with Gasteiger partial charge in [-0.15, -0.1) is 10.2 Å². The van der Waals surface area contributed by atoms with Crippen LogP contribution in [0.25, 0.3) is 0 Å². The van der Waals surface area contributed by atoms with Crippen LogP contribution in [0.5, 0.6) is 0 Å². The minimum atomic E-state index is -0.246. The molecular formula is C15H17ClN4O. The summed E-state index contributed by atoms with van der Waals surface area (Å²) in [5.41, 5.74) is 0.517. The van der Waals surface area contributed by atoms with Crippen molar-refractivity contribution >= 4 is 29.1 Å². The monoisotopic (exact) mass is 304 g/mol. The number of anilines is 2. The normalized spacial score (nSPS) is 10.5. The summed E-state index contributed by atoms with van der Waals surface area (Å²) in [7, 11) is 0. The molecule has 0 saturated heterocycles. The van der Waals surface area contributed by atoms with Gasteiger partial charge in [-0.1, -0.05) is 25.4 Å². The van der Waals surface area contributed by atoms with Crippen LogP contribution in [0.1, 0.15) is 24.2 Å². The van der Waals surface area contributed by atoms with Gasteiger partial charge in [-0.25, -0.2) is 0 Å². The molecule has 0 bridgehead atoms. The second-order valence-electron chi connectivity index (χ2n) is 5.04. The number of carbonyl (C=O) groups excluding carboxylic acids is 1. The number of amides is 1. The van der Waals surface area contributed by atoms with Gasteiger partial charge in [0.2, 0.25) is 0 Å². The first-order chi connectivity index (χ1) is 10.0. The highest BCUT2D eigenvalue weighted by Gasteiger charge is 2.07. The Bertz CT molecular complexity index is 596. The van der Waals surface area contributed by atoms with Gasteiger partial charge in [0, 0.05) is 17.1 Å². The third kappa shape index (κ3) is 4.72. The van der Waals surface area contributed by atoms with Gasteiger partial charge in [0.05, 0.1) is 0 Å². The molecule has 1 amide bonds. The molecule has 0 spiro atoms. The van der Waals surface area contributed by atoms with Gasteiger partial charge in [-0.3, -0.25) is 4.79 Å². The van der Waals surface area contributed by atoms with E-state index in [1.54, 1.807) is 36.4 Å². The zero-order chi connectivity index (χ0) is 15.2. The predicted molar refractivity (Wildman–Crippen MR) is 84.8 cm³/mol. The van der Waals surface area contributed by atoms with Crippen LogP contribution in [0.2, 0.25) is 5.02 Å². The highest BCUT2D eigenvalue weighted by Crippen LogP contribution is 2.12. The topological polar surface area (TPSA) is 66.9 Å². The Kier molecular flexibility index (Phi) is 5.11. The number of halogens is 1. The molecule has 2 aromatic rings. The first-order valence-electron chi connectivity index (χ1n) is 6.69. The fraction of sp³-hybridized carbons (Fsp3) is 0.267. The van der Waals surface area contributed by atoms with E-state index in [1.807, 2.05) is 0 Å². The van der Waals surface area contributed by atoms with Crippen molar-refractivity contribution in [3.05, 3.63) is 47.0 Å². The van der Waals surface area contributed by atoms with Crippen LogP contribution >= 0.6 is 11.6 Å². The fourth-order valence-electron chi connectivity index (χ4n) is 1.59. The van der Waals surface area contributed by atoms with E-state index < -0.39 is 0 Å². The Labute approximate surface area is 128 Å². The van der Waals surface area contributed by atoms with Gasteiger partial charge in [-0.05, 0) is 42.3 Å². The zero-order valence-corrected chi connectivity index (χ0v) is 12.7.